The predicted octanol–water partition coefficient (Wildman–Crippen LogP) is 1.47. The van der Waals surface area contributed by atoms with Crippen molar-refractivity contribution in [2.24, 2.45) is 0 Å². The molecule has 0 spiro atoms. The first kappa shape index (κ1) is 10.4. The van der Waals surface area contributed by atoms with Crippen LogP contribution < -0.4 is 15.2 Å². The molecule has 0 saturated carbocycles. The zero-order chi connectivity index (χ0) is 11.5. The zero-order valence-electron chi connectivity index (χ0n) is 9.18. The summed E-state index contributed by atoms with van der Waals surface area (Å²) in [6.07, 6.45) is 0. The van der Waals surface area contributed by atoms with Gasteiger partial charge >= 0.3 is 0 Å². The second kappa shape index (κ2) is 4.14. The minimum absolute atomic E-state index is 0.405. The molecule has 2 aromatic rings. The van der Waals surface area contributed by atoms with Crippen LogP contribution in [0.5, 0.6) is 11.6 Å². The lowest BCUT2D eigenvalue weighted by atomic mass is 10.3. The number of aromatic nitrogens is 2. The van der Waals surface area contributed by atoms with Crippen molar-refractivity contribution in [1.82, 2.24) is 9.78 Å². The van der Waals surface area contributed by atoms with Crippen LogP contribution in [-0.4, -0.2) is 24.0 Å². The summed E-state index contributed by atoms with van der Waals surface area (Å²) in [4.78, 5) is 0. The van der Waals surface area contributed by atoms with Gasteiger partial charge in [-0.1, -0.05) is 12.1 Å². The highest BCUT2D eigenvalue weighted by Gasteiger charge is 2.11. The first-order chi connectivity index (χ1) is 7.76. The Labute approximate surface area is 93.4 Å². The molecule has 0 fully saturated rings. The number of methoxy groups -OCH3 is 2. The molecule has 0 unspecified atom stereocenters. The van der Waals surface area contributed by atoms with Gasteiger partial charge in [0.2, 0.25) is 5.88 Å². The van der Waals surface area contributed by atoms with Crippen molar-refractivity contribution in [3.63, 3.8) is 0 Å². The lowest BCUT2D eigenvalue weighted by Gasteiger charge is -2.09. The number of nitrogens with two attached hydrogens (primary N) is 1. The van der Waals surface area contributed by atoms with E-state index in [2.05, 4.69) is 5.10 Å². The van der Waals surface area contributed by atoms with Gasteiger partial charge in [0.05, 0.1) is 14.2 Å². The number of anilines is 1. The molecule has 0 aliphatic rings. The Morgan fingerprint density at radius 2 is 1.94 bits per heavy atom. The van der Waals surface area contributed by atoms with Crippen LogP contribution in [0.4, 0.5) is 5.82 Å². The summed E-state index contributed by atoms with van der Waals surface area (Å²) in [6.45, 7) is 0. The SMILES string of the molecule is COc1ccccc1-n1nc(N)cc1OC. The van der Waals surface area contributed by atoms with Crippen molar-refractivity contribution in [1.29, 1.82) is 0 Å². The first-order valence-electron chi connectivity index (χ1n) is 4.79. The number of hydrogen-bond acceptors (Lipinski definition) is 4. The number of rotatable bonds is 3. The summed E-state index contributed by atoms with van der Waals surface area (Å²) in [5.41, 5.74) is 6.42. The van der Waals surface area contributed by atoms with Gasteiger partial charge in [-0.2, -0.15) is 4.68 Å². The summed E-state index contributed by atoms with van der Waals surface area (Å²) in [5.74, 6) is 1.69. The molecule has 0 amide bonds. The van der Waals surface area contributed by atoms with Crippen molar-refractivity contribution in [2.45, 2.75) is 0 Å². The van der Waals surface area contributed by atoms with Gasteiger partial charge in [0.1, 0.15) is 17.3 Å². The fourth-order valence-corrected chi connectivity index (χ4v) is 1.50. The molecule has 0 aliphatic carbocycles. The van der Waals surface area contributed by atoms with Gasteiger partial charge in [0.15, 0.2) is 0 Å². The van der Waals surface area contributed by atoms with Gasteiger partial charge < -0.3 is 15.2 Å². The highest BCUT2D eigenvalue weighted by atomic mass is 16.5. The fourth-order valence-electron chi connectivity index (χ4n) is 1.50. The average Bonchev–Trinajstić information content (AvgIpc) is 2.70. The largest absolute Gasteiger partial charge is 0.494 e. The molecular formula is C11H13N3O2. The van der Waals surface area contributed by atoms with Crippen LogP contribution in [0.3, 0.4) is 0 Å². The first-order valence-corrected chi connectivity index (χ1v) is 4.79. The predicted molar refractivity (Wildman–Crippen MR) is 61.1 cm³/mol. The van der Waals surface area contributed by atoms with Crippen LogP contribution in [0.25, 0.3) is 5.69 Å². The quantitative estimate of drug-likeness (QED) is 0.849. The maximum Gasteiger partial charge on any atom is 0.218 e. The molecule has 16 heavy (non-hydrogen) atoms. The fraction of sp³-hybridized carbons (Fsp3) is 0.182. The number of ether oxygens (including phenoxy) is 2. The second-order valence-corrected chi connectivity index (χ2v) is 3.20. The lowest BCUT2D eigenvalue weighted by molar-refractivity contribution is 0.376. The molecule has 0 atom stereocenters. The van der Waals surface area contributed by atoms with E-state index in [-0.39, 0.29) is 0 Å². The van der Waals surface area contributed by atoms with Gasteiger partial charge in [-0.25, -0.2) is 0 Å². The molecule has 1 aromatic heterocycles. The van der Waals surface area contributed by atoms with Crippen LogP contribution in [0.15, 0.2) is 30.3 Å². The minimum atomic E-state index is 0.405. The number of nitrogen functional groups attached to an aromatic ring is 1. The smallest absolute Gasteiger partial charge is 0.218 e. The van der Waals surface area contributed by atoms with E-state index >= 15 is 0 Å². The van der Waals surface area contributed by atoms with Gasteiger partial charge in [-0.15, -0.1) is 5.10 Å². The van der Waals surface area contributed by atoms with Gasteiger partial charge in [-0.05, 0) is 12.1 Å². The Morgan fingerprint density at radius 3 is 2.62 bits per heavy atom. The molecule has 5 heteroatoms. The summed E-state index contributed by atoms with van der Waals surface area (Å²) in [7, 11) is 3.18. The van der Waals surface area contributed by atoms with E-state index in [1.165, 1.54) is 0 Å². The number of hydrogen-bond donors (Lipinski definition) is 1. The number of nitrogens with zero attached hydrogens (tertiary/aromatic N) is 2. The number of para-hydroxylation sites is 2. The average molecular weight is 219 g/mol. The van der Waals surface area contributed by atoms with Gasteiger partial charge in [0.25, 0.3) is 0 Å². The van der Waals surface area contributed by atoms with E-state index in [4.69, 9.17) is 15.2 Å². The molecule has 1 heterocycles. The normalized spacial score (nSPS) is 10.1. The van der Waals surface area contributed by atoms with Crippen LogP contribution in [0, 0.1) is 0 Å². The molecule has 0 aliphatic heterocycles. The molecule has 84 valence electrons. The van der Waals surface area contributed by atoms with Crippen LogP contribution in [-0.2, 0) is 0 Å². The molecule has 0 saturated heterocycles. The molecule has 1 aromatic carbocycles. The highest BCUT2D eigenvalue weighted by Crippen LogP contribution is 2.27. The van der Waals surface area contributed by atoms with Crippen molar-refractivity contribution < 1.29 is 9.47 Å². The van der Waals surface area contributed by atoms with Gasteiger partial charge in [-0.3, -0.25) is 0 Å². The van der Waals surface area contributed by atoms with Crippen LogP contribution >= 0.6 is 0 Å². The Hall–Kier alpha value is -2.17. The van der Waals surface area contributed by atoms with E-state index in [1.54, 1.807) is 25.0 Å². The Bertz CT molecular complexity index is 494. The van der Waals surface area contributed by atoms with E-state index in [1.807, 2.05) is 24.3 Å². The van der Waals surface area contributed by atoms with Gasteiger partial charge in [0, 0.05) is 6.07 Å². The summed E-state index contributed by atoms with van der Waals surface area (Å²) >= 11 is 0. The Balaban J connectivity index is 2.57. The maximum atomic E-state index is 5.63. The standard InChI is InChI=1S/C11H13N3O2/c1-15-9-6-4-3-5-8(9)14-11(16-2)7-10(12)13-14/h3-7H,1-2H3,(H2,12,13). The van der Waals surface area contributed by atoms with Crippen molar-refractivity contribution in [2.75, 3.05) is 20.0 Å². The highest BCUT2D eigenvalue weighted by molar-refractivity contribution is 5.50. The van der Waals surface area contributed by atoms with Crippen molar-refractivity contribution in [3.05, 3.63) is 30.3 Å². The lowest BCUT2D eigenvalue weighted by Crippen LogP contribution is -2.02. The Morgan fingerprint density at radius 1 is 1.19 bits per heavy atom. The zero-order valence-corrected chi connectivity index (χ0v) is 9.18. The summed E-state index contributed by atoms with van der Waals surface area (Å²) in [5, 5.41) is 4.15. The topological polar surface area (TPSA) is 62.3 Å². The molecule has 2 rings (SSSR count). The van der Waals surface area contributed by atoms with Crippen LogP contribution in [0.1, 0.15) is 0 Å². The summed E-state index contributed by atoms with van der Waals surface area (Å²) in [6, 6.07) is 9.18. The molecular weight excluding hydrogens is 206 g/mol. The molecule has 2 N–H and O–H groups in total. The monoisotopic (exact) mass is 219 g/mol. The molecule has 0 bridgehead atoms. The van der Waals surface area contributed by atoms with Crippen molar-refractivity contribution in [3.8, 4) is 17.3 Å². The third kappa shape index (κ3) is 1.67. The molecule has 0 radical (unpaired) electrons. The molecule has 5 nitrogen and oxygen atoms in total. The van der Waals surface area contributed by atoms with E-state index in [0.717, 1.165) is 5.69 Å². The van der Waals surface area contributed by atoms with Crippen LogP contribution in [0.2, 0.25) is 0 Å². The van der Waals surface area contributed by atoms with E-state index in [9.17, 15) is 0 Å². The van der Waals surface area contributed by atoms with Crippen molar-refractivity contribution >= 4 is 5.82 Å². The maximum absolute atomic E-state index is 5.63. The number of benzene rings is 1. The second-order valence-electron chi connectivity index (χ2n) is 3.20. The third-order valence-electron chi connectivity index (χ3n) is 2.22. The third-order valence-corrected chi connectivity index (χ3v) is 2.22. The minimum Gasteiger partial charge on any atom is -0.494 e. The van der Waals surface area contributed by atoms with E-state index < -0.39 is 0 Å². The summed E-state index contributed by atoms with van der Waals surface area (Å²) < 4.78 is 12.0. The van der Waals surface area contributed by atoms with E-state index in [0.29, 0.717) is 17.4 Å². The Kier molecular flexibility index (Phi) is 2.68.